The van der Waals surface area contributed by atoms with E-state index in [0.717, 1.165) is 25.1 Å². The van der Waals surface area contributed by atoms with Crippen LogP contribution >= 0.6 is 0 Å². The van der Waals surface area contributed by atoms with Crippen LogP contribution in [0.25, 0.3) is 0 Å². The second-order valence-corrected chi connectivity index (χ2v) is 3.57. The van der Waals surface area contributed by atoms with Crippen molar-refractivity contribution < 1.29 is 4.79 Å². The van der Waals surface area contributed by atoms with Gasteiger partial charge in [0.2, 0.25) is 0 Å². The molecule has 2 amide bonds. The number of nitrogens with one attached hydrogen (secondary N) is 1. The average Bonchev–Trinajstić information content (AvgIpc) is 2.32. The van der Waals surface area contributed by atoms with Crippen LogP contribution in [0.15, 0.2) is 30.3 Å². The van der Waals surface area contributed by atoms with Gasteiger partial charge in [0.15, 0.2) is 0 Å². The molecule has 0 heterocycles. The van der Waals surface area contributed by atoms with Gasteiger partial charge >= 0.3 is 6.03 Å². The Balaban J connectivity index is 2.57. The third kappa shape index (κ3) is 3.57. The first-order valence-electron chi connectivity index (χ1n) is 5.69. The van der Waals surface area contributed by atoms with Gasteiger partial charge in [-0.2, -0.15) is 0 Å². The lowest BCUT2D eigenvalue weighted by atomic mass is 10.3. The number of benzene rings is 1. The molecule has 1 radical (unpaired) electrons. The van der Waals surface area contributed by atoms with Gasteiger partial charge < -0.3 is 5.32 Å². The van der Waals surface area contributed by atoms with Crippen LogP contribution in [0.3, 0.4) is 0 Å². The molecular weight excluding hydrogens is 200 g/mol. The summed E-state index contributed by atoms with van der Waals surface area (Å²) in [5.41, 5.74) is 0.881. The quantitative estimate of drug-likeness (QED) is 0.759. The zero-order valence-corrected chi connectivity index (χ0v) is 9.78. The normalized spacial score (nSPS) is 9.88. The van der Waals surface area contributed by atoms with Gasteiger partial charge in [-0.3, -0.25) is 4.90 Å². The maximum atomic E-state index is 11.8. The van der Waals surface area contributed by atoms with Crippen LogP contribution in [0.4, 0.5) is 10.5 Å². The van der Waals surface area contributed by atoms with Crippen molar-refractivity contribution in [3.05, 3.63) is 37.3 Å². The molecule has 1 rings (SSSR count). The smallest absolute Gasteiger partial charge is 0.321 e. The maximum absolute atomic E-state index is 11.8. The fourth-order valence-electron chi connectivity index (χ4n) is 1.42. The Kier molecular flexibility index (Phi) is 5.40. The number of rotatable bonds is 5. The molecule has 3 nitrogen and oxygen atoms in total. The van der Waals surface area contributed by atoms with E-state index in [1.807, 2.05) is 30.3 Å². The first-order valence-corrected chi connectivity index (χ1v) is 5.69. The number of urea groups is 1. The molecule has 3 heteroatoms. The molecular formula is C13H19N2O. The number of carbonyl (C=O) groups excluding carboxylic acids is 1. The van der Waals surface area contributed by atoms with Gasteiger partial charge in [-0.25, -0.2) is 4.79 Å². The van der Waals surface area contributed by atoms with E-state index in [1.165, 1.54) is 0 Å². The zero-order chi connectivity index (χ0) is 11.8. The number of nitrogens with zero attached hydrogens (tertiary/aromatic N) is 1. The summed E-state index contributed by atoms with van der Waals surface area (Å²) in [4.78, 5) is 13.5. The monoisotopic (exact) mass is 219 g/mol. The molecule has 0 aliphatic carbocycles. The Morgan fingerprint density at radius 1 is 1.38 bits per heavy atom. The number of hydrogen-bond donors (Lipinski definition) is 1. The standard InChI is InChI=1S/C13H19N2O/c1-3-5-11-14-13(16)15(4-2)12-9-7-6-8-10-12/h6-10H,2-5,11H2,1H3,(H,14,16). The van der Waals surface area contributed by atoms with Gasteiger partial charge in [-0.1, -0.05) is 31.5 Å². The molecule has 1 aromatic rings. The molecule has 0 spiro atoms. The number of anilines is 1. The Bertz CT molecular complexity index is 311. The minimum absolute atomic E-state index is 0.0744. The van der Waals surface area contributed by atoms with E-state index in [-0.39, 0.29) is 6.03 Å². The molecule has 0 fully saturated rings. The minimum atomic E-state index is -0.0744. The molecule has 87 valence electrons. The lowest BCUT2D eigenvalue weighted by Crippen LogP contribution is -2.40. The minimum Gasteiger partial charge on any atom is -0.338 e. The Labute approximate surface area is 97.5 Å². The van der Waals surface area contributed by atoms with Gasteiger partial charge in [-0.15, -0.1) is 0 Å². The number of unbranched alkanes of at least 4 members (excludes halogenated alkanes) is 1. The molecule has 0 aliphatic rings. The predicted molar refractivity (Wildman–Crippen MR) is 67.5 cm³/mol. The van der Waals surface area contributed by atoms with E-state index >= 15 is 0 Å². The van der Waals surface area contributed by atoms with Gasteiger partial charge in [0.25, 0.3) is 0 Å². The van der Waals surface area contributed by atoms with Crippen molar-refractivity contribution in [2.24, 2.45) is 0 Å². The molecule has 16 heavy (non-hydrogen) atoms. The Morgan fingerprint density at radius 3 is 2.62 bits per heavy atom. The van der Waals surface area contributed by atoms with Crippen LogP contribution in [0.1, 0.15) is 19.8 Å². The van der Waals surface area contributed by atoms with E-state index in [2.05, 4.69) is 19.2 Å². The van der Waals surface area contributed by atoms with E-state index in [1.54, 1.807) is 4.90 Å². The van der Waals surface area contributed by atoms with Crippen molar-refractivity contribution in [1.29, 1.82) is 0 Å². The SMILES string of the molecule is [CH2]CN(C(=O)NCCCC)c1ccccc1. The molecule has 0 atom stereocenters. The van der Waals surface area contributed by atoms with E-state index < -0.39 is 0 Å². The lowest BCUT2D eigenvalue weighted by molar-refractivity contribution is 0.246. The van der Waals surface area contributed by atoms with Crippen LogP contribution in [0.2, 0.25) is 0 Å². The number of amides is 2. The van der Waals surface area contributed by atoms with Gasteiger partial charge in [-0.05, 0) is 25.5 Å². The first-order chi connectivity index (χ1) is 7.79. The molecule has 0 bridgehead atoms. The van der Waals surface area contributed by atoms with Gasteiger partial charge in [0, 0.05) is 18.8 Å². The first kappa shape index (κ1) is 12.6. The highest BCUT2D eigenvalue weighted by Crippen LogP contribution is 2.12. The van der Waals surface area contributed by atoms with E-state index in [0.29, 0.717) is 6.54 Å². The average molecular weight is 219 g/mol. The molecule has 0 saturated heterocycles. The fraction of sp³-hybridized carbons (Fsp3) is 0.385. The predicted octanol–water partition coefficient (Wildman–Crippen LogP) is 2.84. The largest absolute Gasteiger partial charge is 0.338 e. The Hall–Kier alpha value is -1.51. The highest BCUT2D eigenvalue weighted by atomic mass is 16.2. The molecule has 1 N–H and O–H groups in total. The lowest BCUT2D eigenvalue weighted by Gasteiger charge is -2.21. The second kappa shape index (κ2) is 6.88. The molecule has 0 aromatic heterocycles. The van der Waals surface area contributed by atoms with Gasteiger partial charge in [0.1, 0.15) is 0 Å². The van der Waals surface area contributed by atoms with Crippen molar-refractivity contribution in [3.63, 3.8) is 0 Å². The number of hydrogen-bond acceptors (Lipinski definition) is 1. The van der Waals surface area contributed by atoms with Crippen LogP contribution in [0.5, 0.6) is 0 Å². The highest BCUT2D eigenvalue weighted by molar-refractivity contribution is 5.91. The zero-order valence-electron chi connectivity index (χ0n) is 9.78. The van der Waals surface area contributed by atoms with Crippen LogP contribution in [-0.4, -0.2) is 19.1 Å². The maximum Gasteiger partial charge on any atom is 0.321 e. The summed E-state index contributed by atoms with van der Waals surface area (Å²) in [6.07, 6.45) is 2.08. The van der Waals surface area contributed by atoms with Crippen LogP contribution in [0, 0.1) is 6.92 Å². The van der Waals surface area contributed by atoms with Crippen LogP contribution < -0.4 is 10.2 Å². The van der Waals surface area contributed by atoms with Crippen molar-refractivity contribution >= 4 is 11.7 Å². The molecule has 0 aliphatic heterocycles. The summed E-state index contributed by atoms with van der Waals surface area (Å²) in [6.45, 7) is 7.03. The fourth-order valence-corrected chi connectivity index (χ4v) is 1.42. The summed E-state index contributed by atoms with van der Waals surface area (Å²) in [5, 5.41) is 2.88. The summed E-state index contributed by atoms with van der Waals surface area (Å²) in [5.74, 6) is 0. The highest BCUT2D eigenvalue weighted by Gasteiger charge is 2.11. The van der Waals surface area contributed by atoms with Crippen molar-refractivity contribution in [3.8, 4) is 0 Å². The van der Waals surface area contributed by atoms with E-state index in [9.17, 15) is 4.79 Å². The molecule has 0 unspecified atom stereocenters. The van der Waals surface area contributed by atoms with E-state index in [4.69, 9.17) is 0 Å². The summed E-state index contributed by atoms with van der Waals surface area (Å²) in [7, 11) is 0. The summed E-state index contributed by atoms with van der Waals surface area (Å²) >= 11 is 0. The van der Waals surface area contributed by atoms with Gasteiger partial charge in [0.05, 0.1) is 0 Å². The Morgan fingerprint density at radius 2 is 2.06 bits per heavy atom. The number of para-hydroxylation sites is 1. The van der Waals surface area contributed by atoms with Crippen molar-refractivity contribution in [2.45, 2.75) is 19.8 Å². The van der Waals surface area contributed by atoms with Crippen molar-refractivity contribution in [1.82, 2.24) is 5.32 Å². The third-order valence-corrected chi connectivity index (χ3v) is 2.34. The third-order valence-electron chi connectivity index (χ3n) is 2.34. The van der Waals surface area contributed by atoms with Crippen LogP contribution in [-0.2, 0) is 0 Å². The summed E-state index contributed by atoms with van der Waals surface area (Å²) < 4.78 is 0. The number of carbonyl (C=O) groups is 1. The molecule has 0 saturated carbocycles. The summed E-state index contributed by atoms with van der Waals surface area (Å²) in [6, 6.07) is 9.50. The van der Waals surface area contributed by atoms with Crippen molar-refractivity contribution in [2.75, 3.05) is 18.0 Å². The topological polar surface area (TPSA) is 32.3 Å². The second-order valence-electron chi connectivity index (χ2n) is 3.57. The molecule has 1 aromatic carbocycles.